The number of anilines is 1. The van der Waals surface area contributed by atoms with Gasteiger partial charge in [0, 0.05) is 28.0 Å². The zero-order valence-electron chi connectivity index (χ0n) is 16.4. The summed E-state index contributed by atoms with van der Waals surface area (Å²) >= 11 is 1.53. The van der Waals surface area contributed by atoms with E-state index in [4.69, 9.17) is 0 Å². The smallest absolute Gasteiger partial charge is 0.319 e. The molecule has 0 fully saturated rings. The molecule has 0 saturated carbocycles. The van der Waals surface area contributed by atoms with Crippen molar-refractivity contribution in [1.82, 2.24) is 14.7 Å². The standard InChI is InChI=1S/C22H21FN4OS/c1-13-4-9-18(10-14(13)2)25-21(28)24-11-20-15(3)27-12-19(26-22(27)29-20)16-5-7-17(23)8-6-16/h4-10,12H,11H2,1-3H3,(H2,24,25,28). The van der Waals surface area contributed by atoms with Crippen LogP contribution in [0.3, 0.4) is 0 Å². The lowest BCUT2D eigenvalue weighted by molar-refractivity contribution is 0.252. The van der Waals surface area contributed by atoms with E-state index >= 15 is 0 Å². The summed E-state index contributed by atoms with van der Waals surface area (Å²) < 4.78 is 15.1. The van der Waals surface area contributed by atoms with Crippen LogP contribution in [0.1, 0.15) is 21.7 Å². The summed E-state index contributed by atoms with van der Waals surface area (Å²) in [6, 6.07) is 11.9. The molecule has 2 amide bonds. The van der Waals surface area contributed by atoms with Gasteiger partial charge in [0.25, 0.3) is 0 Å². The van der Waals surface area contributed by atoms with Crippen molar-refractivity contribution in [1.29, 1.82) is 0 Å². The van der Waals surface area contributed by atoms with Gasteiger partial charge < -0.3 is 10.6 Å². The minimum absolute atomic E-state index is 0.245. The Hall–Kier alpha value is -3.19. The molecule has 7 heteroatoms. The maximum Gasteiger partial charge on any atom is 0.319 e. The molecule has 4 aromatic rings. The number of aromatic nitrogens is 2. The van der Waals surface area contributed by atoms with Crippen molar-refractivity contribution < 1.29 is 9.18 Å². The molecule has 29 heavy (non-hydrogen) atoms. The normalized spacial score (nSPS) is 11.0. The first-order chi connectivity index (χ1) is 13.9. The number of nitrogens with zero attached hydrogens (tertiary/aromatic N) is 2. The third kappa shape index (κ3) is 4.00. The number of hydrogen-bond acceptors (Lipinski definition) is 3. The molecule has 0 unspecified atom stereocenters. The van der Waals surface area contributed by atoms with Crippen LogP contribution in [-0.2, 0) is 6.54 Å². The van der Waals surface area contributed by atoms with E-state index in [2.05, 4.69) is 15.6 Å². The number of halogens is 1. The second-order valence-electron chi connectivity index (χ2n) is 7.00. The number of fused-ring (bicyclic) bond motifs is 1. The number of amides is 2. The number of aryl methyl sites for hydroxylation is 3. The van der Waals surface area contributed by atoms with Crippen LogP contribution in [0.5, 0.6) is 0 Å². The Balaban J connectivity index is 1.45. The molecule has 0 aliphatic heterocycles. The quantitative estimate of drug-likeness (QED) is 0.472. The van der Waals surface area contributed by atoms with Gasteiger partial charge in [0.05, 0.1) is 12.2 Å². The maximum atomic E-state index is 13.1. The van der Waals surface area contributed by atoms with Crippen LogP contribution in [-0.4, -0.2) is 15.4 Å². The van der Waals surface area contributed by atoms with E-state index in [9.17, 15) is 9.18 Å². The van der Waals surface area contributed by atoms with Gasteiger partial charge in [0.1, 0.15) is 5.82 Å². The summed E-state index contributed by atoms with van der Waals surface area (Å²) in [6.45, 7) is 6.47. The first kappa shape index (κ1) is 19.1. The van der Waals surface area contributed by atoms with Crippen LogP contribution in [0.2, 0.25) is 0 Å². The second kappa shape index (κ2) is 7.67. The predicted octanol–water partition coefficient (Wildman–Crippen LogP) is 5.45. The van der Waals surface area contributed by atoms with Crippen molar-refractivity contribution in [2.75, 3.05) is 5.32 Å². The second-order valence-corrected chi connectivity index (χ2v) is 8.07. The average Bonchev–Trinajstić information content (AvgIpc) is 3.23. The third-order valence-electron chi connectivity index (χ3n) is 4.97. The number of carbonyl (C=O) groups is 1. The maximum absolute atomic E-state index is 13.1. The molecule has 0 atom stereocenters. The summed E-state index contributed by atoms with van der Waals surface area (Å²) in [6.07, 6.45) is 1.94. The summed E-state index contributed by atoms with van der Waals surface area (Å²) in [7, 11) is 0. The molecule has 2 heterocycles. The predicted molar refractivity (Wildman–Crippen MR) is 115 cm³/mol. The topological polar surface area (TPSA) is 58.4 Å². The van der Waals surface area contributed by atoms with E-state index in [1.54, 1.807) is 12.1 Å². The number of nitrogens with one attached hydrogen (secondary N) is 2. The molecule has 2 N–H and O–H groups in total. The number of carbonyl (C=O) groups excluding carboxylic acids is 1. The number of thiazole rings is 1. The van der Waals surface area contributed by atoms with Crippen LogP contribution in [0, 0.1) is 26.6 Å². The van der Waals surface area contributed by atoms with Crippen molar-refractivity contribution >= 4 is 28.0 Å². The van der Waals surface area contributed by atoms with Gasteiger partial charge >= 0.3 is 6.03 Å². The highest BCUT2D eigenvalue weighted by Gasteiger charge is 2.13. The van der Waals surface area contributed by atoms with Crippen LogP contribution in [0.15, 0.2) is 48.7 Å². The molecular weight excluding hydrogens is 387 g/mol. The van der Waals surface area contributed by atoms with E-state index in [1.165, 1.54) is 29.0 Å². The number of rotatable bonds is 4. The molecule has 5 nitrogen and oxygen atoms in total. The van der Waals surface area contributed by atoms with Gasteiger partial charge in [0.2, 0.25) is 0 Å². The fourth-order valence-corrected chi connectivity index (χ4v) is 4.12. The monoisotopic (exact) mass is 408 g/mol. The lowest BCUT2D eigenvalue weighted by Gasteiger charge is -2.09. The summed E-state index contributed by atoms with van der Waals surface area (Å²) in [5, 5.41) is 5.77. The van der Waals surface area contributed by atoms with E-state index in [0.29, 0.717) is 6.54 Å². The Morgan fingerprint density at radius 2 is 1.86 bits per heavy atom. The lowest BCUT2D eigenvalue weighted by Crippen LogP contribution is -2.28. The highest BCUT2D eigenvalue weighted by molar-refractivity contribution is 7.17. The van der Waals surface area contributed by atoms with Gasteiger partial charge in [-0.25, -0.2) is 14.2 Å². The van der Waals surface area contributed by atoms with E-state index < -0.39 is 0 Å². The first-order valence-corrected chi connectivity index (χ1v) is 10.1. The van der Waals surface area contributed by atoms with Gasteiger partial charge in [-0.15, -0.1) is 0 Å². The minimum atomic E-state index is -0.265. The van der Waals surface area contributed by atoms with Crippen LogP contribution < -0.4 is 10.6 Å². The van der Waals surface area contributed by atoms with Crippen molar-refractivity contribution in [3.05, 3.63) is 76.2 Å². The van der Waals surface area contributed by atoms with Crippen molar-refractivity contribution in [2.24, 2.45) is 0 Å². The van der Waals surface area contributed by atoms with Crippen molar-refractivity contribution in [2.45, 2.75) is 27.3 Å². The Labute approximate surface area is 172 Å². The van der Waals surface area contributed by atoms with Gasteiger partial charge in [-0.2, -0.15) is 0 Å². The molecule has 0 aliphatic carbocycles. The molecule has 148 valence electrons. The Bertz CT molecular complexity index is 1190. The Kier molecular flexibility index (Phi) is 5.07. The van der Waals surface area contributed by atoms with Crippen molar-refractivity contribution in [3.63, 3.8) is 0 Å². The summed E-state index contributed by atoms with van der Waals surface area (Å²) in [5.74, 6) is -0.265. The lowest BCUT2D eigenvalue weighted by atomic mass is 10.1. The average molecular weight is 409 g/mol. The highest BCUT2D eigenvalue weighted by atomic mass is 32.1. The minimum Gasteiger partial charge on any atom is -0.333 e. The van der Waals surface area contributed by atoms with Gasteiger partial charge in [-0.3, -0.25) is 4.40 Å². The molecule has 0 bridgehead atoms. The number of benzene rings is 2. The zero-order valence-corrected chi connectivity index (χ0v) is 17.2. The molecular formula is C22H21FN4OS. The van der Waals surface area contributed by atoms with Crippen LogP contribution in [0.4, 0.5) is 14.9 Å². The fraction of sp³-hybridized carbons (Fsp3) is 0.182. The van der Waals surface area contributed by atoms with E-state index in [0.717, 1.165) is 38.0 Å². The zero-order chi connectivity index (χ0) is 20.5. The third-order valence-corrected chi connectivity index (χ3v) is 6.12. The Morgan fingerprint density at radius 1 is 1.10 bits per heavy atom. The number of hydrogen-bond donors (Lipinski definition) is 2. The molecule has 4 rings (SSSR count). The Morgan fingerprint density at radius 3 is 2.55 bits per heavy atom. The van der Waals surface area contributed by atoms with E-state index in [-0.39, 0.29) is 11.8 Å². The van der Waals surface area contributed by atoms with Crippen LogP contribution in [0.25, 0.3) is 16.2 Å². The molecule has 0 aliphatic rings. The highest BCUT2D eigenvalue weighted by Crippen LogP contribution is 2.27. The molecule has 2 aromatic carbocycles. The van der Waals surface area contributed by atoms with E-state index in [1.807, 2.05) is 49.6 Å². The van der Waals surface area contributed by atoms with Crippen molar-refractivity contribution in [3.8, 4) is 11.3 Å². The fourth-order valence-electron chi connectivity index (χ4n) is 3.07. The molecule has 0 radical (unpaired) electrons. The van der Waals surface area contributed by atoms with Gasteiger partial charge in [-0.1, -0.05) is 17.4 Å². The largest absolute Gasteiger partial charge is 0.333 e. The SMILES string of the molecule is Cc1ccc(NC(=O)NCc2sc3nc(-c4ccc(F)cc4)cn3c2C)cc1C. The molecule has 0 saturated heterocycles. The van der Waals surface area contributed by atoms with Gasteiger partial charge in [0.15, 0.2) is 4.96 Å². The van der Waals surface area contributed by atoms with Crippen LogP contribution >= 0.6 is 11.3 Å². The summed E-state index contributed by atoms with van der Waals surface area (Å²) in [5.41, 5.74) is 5.79. The number of urea groups is 1. The van der Waals surface area contributed by atoms with Gasteiger partial charge in [-0.05, 0) is 68.3 Å². The number of imidazole rings is 1. The molecule has 2 aromatic heterocycles. The first-order valence-electron chi connectivity index (χ1n) is 9.26. The summed E-state index contributed by atoms with van der Waals surface area (Å²) in [4.78, 5) is 18.8. The molecule has 0 spiro atoms.